The standard InChI is InChI=1S/C27H36ClN7O2/c1-18-13-30-26(32-21-8-10-37-11-9-21)34-24(18)35-15-23(31-17-35)25(36)33-22(14-29-16-27(2,3)4)19-6-5-7-20(28)12-19/h5-7,12-13,15,17,21-22,29H,8-11,14,16H2,1-4H3,(H,33,36)(H,30,32,34). The van der Waals surface area contributed by atoms with Gasteiger partial charge >= 0.3 is 0 Å². The number of anilines is 1. The number of nitrogens with zero attached hydrogens (tertiary/aromatic N) is 4. The number of hydrogen-bond donors (Lipinski definition) is 3. The molecule has 198 valence electrons. The molecular weight excluding hydrogens is 490 g/mol. The Labute approximate surface area is 223 Å². The van der Waals surface area contributed by atoms with Crippen molar-refractivity contribution in [1.82, 2.24) is 30.2 Å². The van der Waals surface area contributed by atoms with Gasteiger partial charge in [-0.1, -0.05) is 44.5 Å². The highest BCUT2D eigenvalue weighted by Gasteiger charge is 2.20. The van der Waals surface area contributed by atoms with Crippen LogP contribution in [0.15, 0.2) is 43.0 Å². The van der Waals surface area contributed by atoms with E-state index >= 15 is 0 Å². The molecule has 0 radical (unpaired) electrons. The minimum Gasteiger partial charge on any atom is -0.381 e. The Balaban J connectivity index is 1.48. The van der Waals surface area contributed by atoms with E-state index in [0.29, 0.717) is 29.0 Å². The van der Waals surface area contributed by atoms with Gasteiger partial charge in [-0.05, 0) is 42.9 Å². The quantitative estimate of drug-likeness (QED) is 0.382. The number of nitrogens with one attached hydrogen (secondary N) is 3. The van der Waals surface area contributed by atoms with Crippen LogP contribution in [-0.4, -0.2) is 57.8 Å². The second kappa shape index (κ2) is 12.0. The van der Waals surface area contributed by atoms with Crippen LogP contribution in [0.5, 0.6) is 0 Å². The van der Waals surface area contributed by atoms with Crippen LogP contribution in [0.1, 0.15) is 61.3 Å². The van der Waals surface area contributed by atoms with E-state index in [0.717, 1.165) is 43.7 Å². The predicted octanol–water partition coefficient (Wildman–Crippen LogP) is 4.32. The van der Waals surface area contributed by atoms with Crippen molar-refractivity contribution in [1.29, 1.82) is 0 Å². The summed E-state index contributed by atoms with van der Waals surface area (Å²) in [5.41, 5.74) is 2.23. The topological polar surface area (TPSA) is 106 Å². The average Bonchev–Trinajstić information content (AvgIpc) is 3.35. The normalized spacial score (nSPS) is 15.4. The molecule has 3 N–H and O–H groups in total. The number of halogens is 1. The SMILES string of the molecule is Cc1cnc(NC2CCOCC2)nc1-n1cnc(C(=O)NC(CNCC(C)(C)C)c2cccc(Cl)c2)c1. The minimum atomic E-state index is -0.270. The number of amides is 1. The van der Waals surface area contributed by atoms with Crippen LogP contribution in [0.3, 0.4) is 0 Å². The lowest BCUT2D eigenvalue weighted by atomic mass is 9.96. The molecule has 10 heteroatoms. The summed E-state index contributed by atoms with van der Waals surface area (Å²) in [5.74, 6) is 0.959. The first-order valence-corrected chi connectivity index (χ1v) is 13.0. The van der Waals surface area contributed by atoms with Crippen LogP contribution < -0.4 is 16.0 Å². The average molecular weight is 526 g/mol. The number of aryl methyl sites for hydroxylation is 1. The second-order valence-corrected chi connectivity index (χ2v) is 11.1. The number of benzene rings is 1. The summed E-state index contributed by atoms with van der Waals surface area (Å²) in [5, 5.41) is 10.6. The Morgan fingerprint density at radius 3 is 2.76 bits per heavy atom. The zero-order chi connectivity index (χ0) is 26.4. The molecule has 1 atom stereocenters. The Morgan fingerprint density at radius 2 is 2.03 bits per heavy atom. The van der Waals surface area contributed by atoms with Crippen molar-refractivity contribution in [2.45, 2.75) is 52.6 Å². The largest absolute Gasteiger partial charge is 0.381 e. The van der Waals surface area contributed by atoms with Crippen molar-refractivity contribution in [3.8, 4) is 5.82 Å². The monoisotopic (exact) mass is 525 g/mol. The zero-order valence-electron chi connectivity index (χ0n) is 21.9. The van der Waals surface area contributed by atoms with Gasteiger partial charge in [0.2, 0.25) is 5.95 Å². The first-order chi connectivity index (χ1) is 17.7. The van der Waals surface area contributed by atoms with Gasteiger partial charge in [-0.3, -0.25) is 9.36 Å². The van der Waals surface area contributed by atoms with Crippen molar-refractivity contribution in [2.75, 3.05) is 31.6 Å². The fraction of sp³-hybridized carbons (Fsp3) is 0.481. The van der Waals surface area contributed by atoms with Crippen molar-refractivity contribution in [3.05, 3.63) is 64.8 Å². The number of ether oxygens (including phenoxy) is 1. The maximum atomic E-state index is 13.2. The van der Waals surface area contributed by atoms with Gasteiger partial charge in [0.05, 0.1) is 6.04 Å². The van der Waals surface area contributed by atoms with Crippen molar-refractivity contribution < 1.29 is 9.53 Å². The minimum absolute atomic E-state index is 0.121. The van der Waals surface area contributed by atoms with Crippen LogP contribution in [0.2, 0.25) is 5.02 Å². The van der Waals surface area contributed by atoms with Crippen molar-refractivity contribution in [3.63, 3.8) is 0 Å². The van der Waals surface area contributed by atoms with Crippen LogP contribution in [0.4, 0.5) is 5.95 Å². The first-order valence-electron chi connectivity index (χ1n) is 12.7. The van der Waals surface area contributed by atoms with Crippen LogP contribution in [0.25, 0.3) is 5.82 Å². The number of hydrogen-bond acceptors (Lipinski definition) is 7. The number of rotatable bonds is 9. The summed E-state index contributed by atoms with van der Waals surface area (Å²) < 4.78 is 7.19. The van der Waals surface area contributed by atoms with E-state index in [-0.39, 0.29) is 23.4 Å². The highest BCUT2D eigenvalue weighted by atomic mass is 35.5. The van der Waals surface area contributed by atoms with Crippen molar-refractivity contribution >= 4 is 23.5 Å². The highest BCUT2D eigenvalue weighted by molar-refractivity contribution is 6.30. The molecule has 1 amide bonds. The molecule has 0 aliphatic carbocycles. The van der Waals surface area contributed by atoms with E-state index in [1.165, 1.54) is 0 Å². The molecule has 1 fully saturated rings. The molecule has 4 rings (SSSR count). The zero-order valence-corrected chi connectivity index (χ0v) is 22.7. The first kappa shape index (κ1) is 27.0. The molecule has 1 saturated heterocycles. The molecule has 1 unspecified atom stereocenters. The van der Waals surface area contributed by atoms with E-state index in [1.807, 2.05) is 31.2 Å². The van der Waals surface area contributed by atoms with Gasteiger partial charge in [0.15, 0.2) is 0 Å². The van der Waals surface area contributed by atoms with Crippen LogP contribution in [-0.2, 0) is 4.74 Å². The molecule has 2 aromatic heterocycles. The molecule has 0 spiro atoms. The Kier molecular flexibility index (Phi) is 8.79. The Hall–Kier alpha value is -3.01. The molecule has 1 aliphatic rings. The molecule has 1 aromatic carbocycles. The Morgan fingerprint density at radius 1 is 1.24 bits per heavy atom. The van der Waals surface area contributed by atoms with Gasteiger partial charge in [-0.15, -0.1) is 0 Å². The third kappa shape index (κ3) is 7.74. The lowest BCUT2D eigenvalue weighted by Gasteiger charge is -2.23. The molecule has 37 heavy (non-hydrogen) atoms. The maximum absolute atomic E-state index is 13.2. The lowest BCUT2D eigenvalue weighted by Crippen LogP contribution is -2.38. The summed E-state index contributed by atoms with van der Waals surface area (Å²) in [6, 6.07) is 7.56. The molecular formula is C27H36ClN7O2. The van der Waals surface area contributed by atoms with E-state index in [9.17, 15) is 4.79 Å². The summed E-state index contributed by atoms with van der Waals surface area (Å²) in [6.45, 7) is 11.3. The maximum Gasteiger partial charge on any atom is 0.272 e. The summed E-state index contributed by atoms with van der Waals surface area (Å²) in [4.78, 5) is 26.7. The van der Waals surface area contributed by atoms with Crippen molar-refractivity contribution in [2.24, 2.45) is 5.41 Å². The van der Waals surface area contributed by atoms with Crippen LogP contribution in [0, 0.1) is 12.3 Å². The van der Waals surface area contributed by atoms with Gasteiger partial charge in [0.25, 0.3) is 5.91 Å². The lowest BCUT2D eigenvalue weighted by molar-refractivity contribution is 0.0903. The Bertz CT molecular complexity index is 1200. The number of imidazole rings is 1. The molecule has 3 aromatic rings. The predicted molar refractivity (Wildman–Crippen MR) is 145 cm³/mol. The van der Waals surface area contributed by atoms with E-state index < -0.39 is 0 Å². The molecule has 0 saturated carbocycles. The number of carbonyl (C=O) groups excluding carboxylic acids is 1. The van der Waals surface area contributed by atoms with E-state index in [2.05, 4.69) is 46.7 Å². The van der Waals surface area contributed by atoms with Crippen LogP contribution >= 0.6 is 11.6 Å². The third-order valence-corrected chi connectivity index (χ3v) is 6.35. The summed E-state index contributed by atoms with van der Waals surface area (Å²) in [6.07, 6.45) is 6.91. The number of carbonyl (C=O) groups is 1. The third-order valence-electron chi connectivity index (χ3n) is 6.12. The van der Waals surface area contributed by atoms with Gasteiger partial charge in [0, 0.05) is 55.3 Å². The molecule has 0 bridgehead atoms. The molecule has 3 heterocycles. The summed E-state index contributed by atoms with van der Waals surface area (Å²) >= 11 is 6.24. The molecule has 9 nitrogen and oxygen atoms in total. The van der Waals surface area contributed by atoms with Gasteiger partial charge < -0.3 is 20.7 Å². The van der Waals surface area contributed by atoms with Gasteiger partial charge in [0.1, 0.15) is 17.8 Å². The molecule has 1 aliphatic heterocycles. The van der Waals surface area contributed by atoms with E-state index in [4.69, 9.17) is 21.3 Å². The number of aromatic nitrogens is 4. The second-order valence-electron chi connectivity index (χ2n) is 10.7. The fourth-order valence-corrected chi connectivity index (χ4v) is 4.34. The highest BCUT2D eigenvalue weighted by Crippen LogP contribution is 2.20. The summed E-state index contributed by atoms with van der Waals surface area (Å²) in [7, 11) is 0. The van der Waals surface area contributed by atoms with Gasteiger partial charge in [-0.2, -0.15) is 4.98 Å². The van der Waals surface area contributed by atoms with Gasteiger partial charge in [-0.25, -0.2) is 9.97 Å². The van der Waals surface area contributed by atoms with E-state index in [1.54, 1.807) is 23.3 Å². The fourth-order valence-electron chi connectivity index (χ4n) is 4.14. The smallest absolute Gasteiger partial charge is 0.272 e.